The number of likely N-dealkylation sites (tertiary alicyclic amines) is 1. The molecule has 1 N–H and O–H groups in total. The molecule has 6 nitrogen and oxygen atoms in total. The molecule has 160 valence electrons. The lowest BCUT2D eigenvalue weighted by molar-refractivity contribution is -0.898. The third-order valence-corrected chi connectivity index (χ3v) is 6.97. The fourth-order valence-corrected chi connectivity index (χ4v) is 5.04. The Morgan fingerprint density at radius 3 is 2.60 bits per heavy atom. The van der Waals surface area contributed by atoms with Gasteiger partial charge in [-0.3, -0.25) is 4.79 Å². The van der Waals surface area contributed by atoms with Gasteiger partial charge in [-0.25, -0.2) is 9.97 Å². The van der Waals surface area contributed by atoms with Gasteiger partial charge in [-0.05, 0) is 44.4 Å². The highest BCUT2D eigenvalue weighted by Crippen LogP contribution is 2.24. The summed E-state index contributed by atoms with van der Waals surface area (Å²) in [5.41, 5.74) is 2.93. The Hall–Kier alpha value is -2.12. The first-order valence-electron chi connectivity index (χ1n) is 11.1. The zero-order valence-electron chi connectivity index (χ0n) is 18.1. The zero-order chi connectivity index (χ0) is 20.9. The van der Waals surface area contributed by atoms with Crippen LogP contribution in [0.2, 0.25) is 0 Å². The van der Waals surface area contributed by atoms with Crippen LogP contribution in [0.5, 0.6) is 0 Å². The number of aryl methyl sites for hydroxylation is 1. The lowest BCUT2D eigenvalue weighted by Gasteiger charge is -2.32. The number of quaternary nitrogens is 1. The molecule has 0 unspecified atom stereocenters. The summed E-state index contributed by atoms with van der Waals surface area (Å²) < 4.78 is 0. The minimum absolute atomic E-state index is 0.154. The number of anilines is 1. The molecule has 2 aliphatic heterocycles. The van der Waals surface area contributed by atoms with Crippen LogP contribution >= 0.6 is 11.8 Å². The highest BCUT2D eigenvalue weighted by atomic mass is 32.2. The van der Waals surface area contributed by atoms with E-state index in [1.807, 2.05) is 30.0 Å². The first kappa shape index (κ1) is 21.1. The van der Waals surface area contributed by atoms with E-state index >= 15 is 0 Å². The van der Waals surface area contributed by atoms with Gasteiger partial charge in [-0.2, -0.15) is 0 Å². The van der Waals surface area contributed by atoms with Crippen LogP contribution in [0.15, 0.2) is 35.5 Å². The maximum absolute atomic E-state index is 12.7. The van der Waals surface area contributed by atoms with E-state index in [1.54, 1.807) is 16.7 Å². The second-order valence-electron chi connectivity index (χ2n) is 8.23. The molecule has 2 saturated heterocycles. The van der Waals surface area contributed by atoms with Crippen molar-refractivity contribution in [3.05, 3.63) is 47.2 Å². The van der Waals surface area contributed by atoms with Crippen molar-refractivity contribution in [2.75, 3.05) is 50.7 Å². The van der Waals surface area contributed by atoms with Crippen LogP contribution in [0.4, 0.5) is 5.82 Å². The summed E-state index contributed by atoms with van der Waals surface area (Å²) in [4.78, 5) is 28.2. The molecule has 1 amide bonds. The Balaban J connectivity index is 1.41. The van der Waals surface area contributed by atoms with E-state index in [4.69, 9.17) is 4.98 Å². The molecule has 0 spiro atoms. The van der Waals surface area contributed by atoms with Crippen LogP contribution in [0.1, 0.15) is 41.4 Å². The van der Waals surface area contributed by atoms with Crippen molar-refractivity contribution in [1.82, 2.24) is 14.9 Å². The summed E-state index contributed by atoms with van der Waals surface area (Å²) in [5.74, 6) is 1.96. The first-order valence-corrected chi connectivity index (χ1v) is 12.1. The molecule has 0 atom stereocenters. The zero-order valence-corrected chi connectivity index (χ0v) is 18.9. The topological polar surface area (TPSA) is 53.8 Å². The van der Waals surface area contributed by atoms with Crippen molar-refractivity contribution < 1.29 is 9.69 Å². The predicted octanol–water partition coefficient (Wildman–Crippen LogP) is 2.04. The number of likely N-dealkylation sites (N-methyl/N-ethyl adjacent to an activating group) is 1. The normalized spacial score (nSPS) is 17.5. The Morgan fingerprint density at radius 1 is 1.10 bits per heavy atom. The summed E-state index contributed by atoms with van der Waals surface area (Å²) in [6.07, 6.45) is 2.23. The van der Waals surface area contributed by atoms with E-state index in [9.17, 15) is 4.79 Å². The quantitative estimate of drug-likeness (QED) is 0.566. The second-order valence-corrected chi connectivity index (χ2v) is 9.17. The molecular formula is C23H32N5OS+. The highest BCUT2D eigenvalue weighted by Gasteiger charge is 2.21. The number of carbonyl (C=O) groups is 1. The van der Waals surface area contributed by atoms with Crippen molar-refractivity contribution in [3.8, 4) is 0 Å². The van der Waals surface area contributed by atoms with Gasteiger partial charge in [0.2, 0.25) is 0 Å². The van der Waals surface area contributed by atoms with Crippen LogP contribution < -0.4 is 9.80 Å². The summed E-state index contributed by atoms with van der Waals surface area (Å²) in [5, 5.41) is 0.812. The predicted molar refractivity (Wildman–Crippen MR) is 121 cm³/mol. The number of aromatic nitrogens is 2. The van der Waals surface area contributed by atoms with E-state index in [0.29, 0.717) is 0 Å². The number of hydrogen-bond donors (Lipinski definition) is 1. The van der Waals surface area contributed by atoms with Crippen LogP contribution in [0, 0.1) is 6.92 Å². The molecule has 2 aromatic rings. The molecule has 4 rings (SSSR count). The number of piperazine rings is 1. The lowest BCUT2D eigenvalue weighted by atomic mass is 10.1. The molecular weight excluding hydrogens is 394 g/mol. The summed E-state index contributed by atoms with van der Waals surface area (Å²) in [6, 6.07) is 10.1. The fraction of sp³-hybridized carbons (Fsp3) is 0.522. The molecule has 2 fully saturated rings. The van der Waals surface area contributed by atoms with Crippen molar-refractivity contribution in [1.29, 1.82) is 0 Å². The summed E-state index contributed by atoms with van der Waals surface area (Å²) in [7, 11) is 0. The monoisotopic (exact) mass is 426 g/mol. The molecule has 30 heavy (non-hydrogen) atoms. The van der Waals surface area contributed by atoms with Gasteiger partial charge in [-0.15, -0.1) is 0 Å². The van der Waals surface area contributed by atoms with E-state index in [1.165, 1.54) is 19.6 Å². The van der Waals surface area contributed by atoms with Gasteiger partial charge in [-0.1, -0.05) is 23.9 Å². The average Bonchev–Trinajstić information content (AvgIpc) is 3.32. The van der Waals surface area contributed by atoms with E-state index in [-0.39, 0.29) is 5.91 Å². The van der Waals surface area contributed by atoms with E-state index in [2.05, 4.69) is 28.9 Å². The van der Waals surface area contributed by atoms with Crippen molar-refractivity contribution >= 4 is 23.5 Å². The van der Waals surface area contributed by atoms with E-state index in [0.717, 1.165) is 72.6 Å². The first-order chi connectivity index (χ1) is 14.6. The summed E-state index contributed by atoms with van der Waals surface area (Å²) in [6.45, 7) is 11.7. The van der Waals surface area contributed by atoms with Crippen molar-refractivity contribution in [2.45, 2.75) is 37.6 Å². The minimum atomic E-state index is 0.154. The third kappa shape index (κ3) is 5.13. The number of rotatable bonds is 6. The van der Waals surface area contributed by atoms with E-state index < -0.39 is 0 Å². The number of benzene rings is 1. The van der Waals surface area contributed by atoms with Crippen molar-refractivity contribution in [2.24, 2.45) is 0 Å². The molecule has 0 aliphatic carbocycles. The fourth-order valence-electron chi connectivity index (χ4n) is 4.20. The molecule has 2 aliphatic rings. The number of carbonyl (C=O) groups excluding carboxylic acids is 1. The number of nitrogens with zero attached hydrogens (tertiary/aromatic N) is 4. The van der Waals surface area contributed by atoms with Crippen LogP contribution in [0.25, 0.3) is 0 Å². The maximum Gasteiger partial charge on any atom is 0.253 e. The molecule has 7 heteroatoms. The molecule has 0 radical (unpaired) electrons. The molecule has 1 aromatic carbocycles. The Bertz CT molecular complexity index is 876. The Kier molecular flexibility index (Phi) is 6.89. The number of amides is 1. The standard InChI is InChI=1S/C23H31N5OS/c1-3-26-11-13-27(14-12-26)21-15-18(2)24-23(25-21)30-17-19-7-6-8-20(16-19)22(29)28-9-4-5-10-28/h6-8,15-16H,3-5,9-14,17H2,1-2H3/p+1. The number of thioether (sulfide) groups is 1. The smallest absolute Gasteiger partial charge is 0.253 e. The second kappa shape index (κ2) is 9.79. The summed E-state index contributed by atoms with van der Waals surface area (Å²) >= 11 is 1.64. The van der Waals surface area contributed by atoms with Crippen LogP contribution in [-0.2, 0) is 5.75 Å². The van der Waals surface area contributed by atoms with Gasteiger partial charge in [0.1, 0.15) is 5.82 Å². The van der Waals surface area contributed by atoms with Crippen LogP contribution in [-0.4, -0.2) is 66.6 Å². The average molecular weight is 427 g/mol. The molecule has 3 heterocycles. The SMILES string of the molecule is CC[NH+]1CCN(c2cc(C)nc(SCc3cccc(C(=O)N4CCCC4)c3)n2)CC1. The van der Waals surface area contributed by atoms with Crippen LogP contribution in [0.3, 0.4) is 0 Å². The molecule has 1 aromatic heterocycles. The molecule has 0 saturated carbocycles. The van der Waals surface area contributed by atoms with Gasteiger partial charge in [0.05, 0.1) is 32.7 Å². The number of hydrogen-bond acceptors (Lipinski definition) is 5. The van der Waals surface area contributed by atoms with Crippen molar-refractivity contribution in [3.63, 3.8) is 0 Å². The van der Waals surface area contributed by atoms with Gasteiger partial charge >= 0.3 is 0 Å². The maximum atomic E-state index is 12.7. The van der Waals surface area contributed by atoms with Gasteiger partial charge in [0.25, 0.3) is 5.91 Å². The minimum Gasteiger partial charge on any atom is -0.345 e. The van der Waals surface area contributed by atoms with Gasteiger partial charge in [0.15, 0.2) is 5.16 Å². The Morgan fingerprint density at radius 2 is 1.87 bits per heavy atom. The largest absolute Gasteiger partial charge is 0.345 e. The van der Waals surface area contributed by atoms with Gasteiger partial charge in [0, 0.05) is 36.2 Å². The lowest BCUT2D eigenvalue weighted by Crippen LogP contribution is -3.14. The van der Waals surface area contributed by atoms with Gasteiger partial charge < -0.3 is 14.7 Å². The third-order valence-electron chi connectivity index (χ3n) is 6.05. The molecule has 0 bridgehead atoms. The highest BCUT2D eigenvalue weighted by molar-refractivity contribution is 7.98. The number of nitrogens with one attached hydrogen (secondary N) is 1. The Labute approximate surface area is 183 Å².